The van der Waals surface area contributed by atoms with Crippen LogP contribution in [0.3, 0.4) is 0 Å². The van der Waals surface area contributed by atoms with E-state index < -0.39 is 10.8 Å². The van der Waals surface area contributed by atoms with Crippen molar-refractivity contribution >= 4 is 22.4 Å². The molecule has 2 atom stereocenters. The average Bonchev–Trinajstić information content (AvgIpc) is 2.44. The maximum absolute atomic E-state index is 11.2. The van der Waals surface area contributed by atoms with Gasteiger partial charge in [-0.2, -0.15) is 5.10 Å². The first-order chi connectivity index (χ1) is 7.43. The van der Waals surface area contributed by atoms with Gasteiger partial charge in [0.05, 0.1) is 5.69 Å². The zero-order valence-corrected chi connectivity index (χ0v) is 11.7. The van der Waals surface area contributed by atoms with Gasteiger partial charge in [-0.25, -0.2) is 0 Å². The van der Waals surface area contributed by atoms with E-state index in [0.29, 0.717) is 18.2 Å². The molecule has 1 heterocycles. The first-order valence-electron chi connectivity index (χ1n) is 5.14. The van der Waals surface area contributed by atoms with Gasteiger partial charge in [-0.15, -0.1) is 0 Å². The van der Waals surface area contributed by atoms with Crippen molar-refractivity contribution in [1.29, 1.82) is 0 Å². The summed E-state index contributed by atoms with van der Waals surface area (Å²) in [5.41, 5.74) is 1.95. The summed E-state index contributed by atoms with van der Waals surface area (Å²) in [6.07, 6.45) is 1.72. The molecule has 0 radical (unpaired) electrons. The van der Waals surface area contributed by atoms with E-state index in [1.165, 1.54) is 0 Å². The van der Waals surface area contributed by atoms with Crippen LogP contribution in [-0.2, 0) is 24.4 Å². The van der Waals surface area contributed by atoms with E-state index in [4.69, 9.17) is 11.6 Å². The molecule has 1 rings (SSSR count). The van der Waals surface area contributed by atoms with Crippen LogP contribution in [0.5, 0.6) is 0 Å². The molecule has 2 unspecified atom stereocenters. The molecule has 1 aromatic heterocycles. The molecule has 0 bridgehead atoms. The van der Waals surface area contributed by atoms with Crippen LogP contribution in [0.25, 0.3) is 0 Å². The average molecular weight is 264 g/mol. The van der Waals surface area contributed by atoms with Crippen molar-refractivity contribution in [2.24, 2.45) is 7.05 Å². The van der Waals surface area contributed by atoms with Gasteiger partial charge in [0.1, 0.15) is 5.15 Å². The summed E-state index contributed by atoms with van der Waals surface area (Å²) in [5, 5.41) is 8.29. The summed E-state index contributed by atoms with van der Waals surface area (Å²) in [4.78, 5) is 0. The van der Waals surface area contributed by atoms with Gasteiger partial charge in [-0.3, -0.25) is 8.89 Å². The number of nitrogens with zero attached hydrogens (tertiary/aromatic N) is 2. The van der Waals surface area contributed by atoms with Crippen LogP contribution in [0.15, 0.2) is 0 Å². The Morgan fingerprint density at radius 2 is 2.25 bits per heavy atom. The Hall–Kier alpha value is -0.390. The fraction of sp³-hybridized carbons (Fsp3) is 0.700. The lowest BCUT2D eigenvalue weighted by atomic mass is 10.2. The number of hydrogen-bond donors (Lipinski definition) is 1. The maximum Gasteiger partial charge on any atom is 0.131 e. The van der Waals surface area contributed by atoms with E-state index in [2.05, 4.69) is 10.4 Å². The molecule has 6 heteroatoms. The number of nitrogens with one attached hydrogen (secondary N) is 1. The van der Waals surface area contributed by atoms with Crippen molar-refractivity contribution in [2.45, 2.75) is 25.6 Å². The minimum absolute atomic E-state index is 0.149. The zero-order valence-electron chi connectivity index (χ0n) is 10.1. The van der Waals surface area contributed by atoms with Crippen molar-refractivity contribution in [2.75, 3.05) is 12.8 Å². The van der Waals surface area contributed by atoms with E-state index >= 15 is 0 Å². The molecule has 0 aliphatic heterocycles. The van der Waals surface area contributed by atoms with Crippen molar-refractivity contribution in [1.82, 2.24) is 15.1 Å². The zero-order chi connectivity index (χ0) is 12.3. The highest BCUT2D eigenvalue weighted by molar-refractivity contribution is 7.84. The van der Waals surface area contributed by atoms with E-state index in [0.717, 1.165) is 11.3 Å². The van der Waals surface area contributed by atoms with Gasteiger partial charge in [-0.1, -0.05) is 11.6 Å². The number of hydrogen-bond acceptors (Lipinski definition) is 3. The van der Waals surface area contributed by atoms with Crippen LogP contribution in [0.2, 0.25) is 5.15 Å². The van der Waals surface area contributed by atoms with Crippen LogP contribution >= 0.6 is 11.6 Å². The van der Waals surface area contributed by atoms with Crippen LogP contribution in [0.1, 0.15) is 18.2 Å². The molecule has 4 nitrogen and oxygen atoms in total. The van der Waals surface area contributed by atoms with Crippen LogP contribution < -0.4 is 5.32 Å². The fourth-order valence-corrected chi connectivity index (χ4v) is 1.99. The molecule has 0 fully saturated rings. The molecule has 0 amide bonds. The minimum atomic E-state index is -0.790. The molecule has 1 N–H and O–H groups in total. The molecule has 0 aromatic carbocycles. The van der Waals surface area contributed by atoms with Gasteiger partial charge in [0, 0.05) is 48.0 Å². The number of aryl methyl sites for hydroxylation is 2. The first-order valence-corrected chi connectivity index (χ1v) is 7.14. The molecule has 0 saturated carbocycles. The van der Waals surface area contributed by atoms with Crippen LogP contribution in [-0.4, -0.2) is 32.0 Å². The summed E-state index contributed by atoms with van der Waals surface area (Å²) < 4.78 is 12.8. The van der Waals surface area contributed by atoms with Gasteiger partial charge in [0.25, 0.3) is 0 Å². The summed E-state index contributed by atoms with van der Waals surface area (Å²) in [7, 11) is 1.03. The number of rotatable bonds is 5. The molecule has 1 aromatic rings. The van der Waals surface area contributed by atoms with E-state index in [9.17, 15) is 4.21 Å². The van der Waals surface area contributed by atoms with Crippen LogP contribution in [0, 0.1) is 6.92 Å². The van der Waals surface area contributed by atoms with E-state index in [1.54, 1.807) is 10.9 Å². The Morgan fingerprint density at radius 1 is 1.62 bits per heavy atom. The first kappa shape index (κ1) is 13.7. The Bertz CT molecular complexity index is 392. The van der Waals surface area contributed by atoms with Crippen molar-refractivity contribution in [3.63, 3.8) is 0 Å². The lowest BCUT2D eigenvalue weighted by molar-refractivity contribution is 0.646. The van der Waals surface area contributed by atoms with E-state index in [1.807, 2.05) is 20.9 Å². The molecule has 16 heavy (non-hydrogen) atoms. The lowest BCUT2D eigenvalue weighted by Crippen LogP contribution is -2.27. The minimum Gasteiger partial charge on any atom is -0.311 e. The monoisotopic (exact) mass is 263 g/mol. The van der Waals surface area contributed by atoms with Crippen molar-refractivity contribution in [3.05, 3.63) is 16.4 Å². The third-order valence-electron chi connectivity index (χ3n) is 2.57. The SMILES string of the molecule is Cc1nn(C)c(Cl)c1CNCC(C)S(C)=O. The highest BCUT2D eigenvalue weighted by Crippen LogP contribution is 2.17. The molecule has 0 spiro atoms. The summed E-state index contributed by atoms with van der Waals surface area (Å²) in [6, 6.07) is 0. The van der Waals surface area contributed by atoms with Gasteiger partial charge < -0.3 is 5.32 Å². The van der Waals surface area contributed by atoms with Crippen LogP contribution in [0.4, 0.5) is 0 Å². The molecule has 0 aliphatic rings. The fourth-order valence-electron chi connectivity index (χ4n) is 1.39. The van der Waals surface area contributed by atoms with Gasteiger partial charge in [0.2, 0.25) is 0 Å². The van der Waals surface area contributed by atoms with Gasteiger partial charge >= 0.3 is 0 Å². The summed E-state index contributed by atoms with van der Waals surface area (Å²) in [6.45, 7) is 5.28. The molecule has 0 saturated heterocycles. The van der Waals surface area contributed by atoms with E-state index in [-0.39, 0.29) is 5.25 Å². The lowest BCUT2D eigenvalue weighted by Gasteiger charge is -2.09. The Labute approximate surface area is 104 Å². The quantitative estimate of drug-likeness (QED) is 0.870. The topological polar surface area (TPSA) is 46.9 Å². The molecule has 92 valence electrons. The second-order valence-electron chi connectivity index (χ2n) is 3.92. The van der Waals surface area contributed by atoms with Crippen molar-refractivity contribution < 1.29 is 4.21 Å². The summed E-state index contributed by atoms with van der Waals surface area (Å²) >= 11 is 6.09. The summed E-state index contributed by atoms with van der Waals surface area (Å²) in [5.74, 6) is 0. The second kappa shape index (κ2) is 5.80. The smallest absolute Gasteiger partial charge is 0.131 e. The van der Waals surface area contributed by atoms with Crippen molar-refractivity contribution in [3.8, 4) is 0 Å². The third-order valence-corrected chi connectivity index (χ3v) is 4.34. The largest absolute Gasteiger partial charge is 0.311 e. The highest BCUT2D eigenvalue weighted by Gasteiger charge is 2.11. The highest BCUT2D eigenvalue weighted by atomic mass is 35.5. The Balaban J connectivity index is 2.52. The third kappa shape index (κ3) is 3.30. The standard InChI is InChI=1S/C10H18ClN3OS/c1-7(16(4)15)5-12-6-9-8(2)13-14(3)10(9)11/h7,12H,5-6H2,1-4H3. The second-order valence-corrected chi connectivity index (χ2v) is 6.08. The predicted molar refractivity (Wildman–Crippen MR) is 68.2 cm³/mol. The Kier molecular flexibility index (Phi) is 4.95. The van der Waals surface area contributed by atoms with Gasteiger partial charge in [0.15, 0.2) is 0 Å². The van der Waals surface area contributed by atoms with Gasteiger partial charge in [-0.05, 0) is 13.8 Å². The number of halogens is 1. The molecular weight excluding hydrogens is 246 g/mol. The molecular formula is C10H18ClN3OS. The predicted octanol–water partition coefficient (Wildman–Crippen LogP) is 1.24. The molecule has 0 aliphatic carbocycles. The number of aromatic nitrogens is 2. The maximum atomic E-state index is 11.2. The Morgan fingerprint density at radius 3 is 2.69 bits per heavy atom. The normalized spacial score (nSPS) is 15.1.